The summed E-state index contributed by atoms with van der Waals surface area (Å²) in [5.41, 5.74) is 7.30. The molecule has 2 heteroatoms. The van der Waals surface area contributed by atoms with E-state index in [1.807, 2.05) is 12.1 Å². The van der Waals surface area contributed by atoms with Gasteiger partial charge < -0.3 is 10.5 Å². The van der Waals surface area contributed by atoms with Crippen LogP contribution in [-0.2, 0) is 6.42 Å². The SMILES string of the molecule is CCCC(N)CCc1ccc(OC)cc1. The smallest absolute Gasteiger partial charge is 0.118 e. The number of ether oxygens (including phenoxy) is 1. The lowest BCUT2D eigenvalue weighted by Crippen LogP contribution is -2.20. The molecule has 0 aromatic heterocycles. The molecule has 0 saturated heterocycles. The third-order valence-electron chi connectivity index (χ3n) is 2.62. The minimum Gasteiger partial charge on any atom is -0.497 e. The van der Waals surface area contributed by atoms with E-state index in [9.17, 15) is 0 Å². The summed E-state index contributed by atoms with van der Waals surface area (Å²) in [5.74, 6) is 0.914. The first-order valence-corrected chi connectivity index (χ1v) is 5.64. The zero-order valence-electron chi connectivity index (χ0n) is 9.70. The van der Waals surface area contributed by atoms with E-state index < -0.39 is 0 Å². The zero-order chi connectivity index (χ0) is 11.1. The summed E-state index contributed by atoms with van der Waals surface area (Å²) in [5, 5.41) is 0. The van der Waals surface area contributed by atoms with Gasteiger partial charge in [-0.1, -0.05) is 25.5 Å². The molecular formula is C13H21NO. The van der Waals surface area contributed by atoms with Gasteiger partial charge in [-0.3, -0.25) is 0 Å². The predicted octanol–water partition coefficient (Wildman–Crippen LogP) is 2.76. The number of nitrogens with two attached hydrogens (primary N) is 1. The molecule has 1 rings (SSSR count). The summed E-state index contributed by atoms with van der Waals surface area (Å²) in [4.78, 5) is 0. The Morgan fingerprint density at radius 3 is 2.40 bits per heavy atom. The highest BCUT2D eigenvalue weighted by atomic mass is 16.5. The van der Waals surface area contributed by atoms with Gasteiger partial charge in [0, 0.05) is 6.04 Å². The van der Waals surface area contributed by atoms with Crippen molar-refractivity contribution in [1.82, 2.24) is 0 Å². The van der Waals surface area contributed by atoms with Gasteiger partial charge in [-0.25, -0.2) is 0 Å². The Morgan fingerprint density at radius 1 is 1.20 bits per heavy atom. The lowest BCUT2D eigenvalue weighted by molar-refractivity contribution is 0.414. The molecule has 0 radical (unpaired) electrons. The van der Waals surface area contributed by atoms with E-state index in [2.05, 4.69) is 19.1 Å². The third kappa shape index (κ3) is 4.34. The Bertz CT molecular complexity index is 268. The van der Waals surface area contributed by atoms with Crippen LogP contribution in [-0.4, -0.2) is 13.2 Å². The van der Waals surface area contributed by atoms with E-state index in [0.29, 0.717) is 6.04 Å². The van der Waals surface area contributed by atoms with Crippen LogP contribution >= 0.6 is 0 Å². The van der Waals surface area contributed by atoms with Gasteiger partial charge in [0.25, 0.3) is 0 Å². The second kappa shape index (κ2) is 6.46. The minimum absolute atomic E-state index is 0.345. The summed E-state index contributed by atoms with van der Waals surface area (Å²) in [6.07, 6.45) is 4.42. The topological polar surface area (TPSA) is 35.2 Å². The van der Waals surface area contributed by atoms with Crippen LogP contribution in [0.25, 0.3) is 0 Å². The lowest BCUT2D eigenvalue weighted by Gasteiger charge is -2.10. The molecule has 0 amide bonds. The first-order valence-electron chi connectivity index (χ1n) is 5.64. The van der Waals surface area contributed by atoms with Crippen molar-refractivity contribution >= 4 is 0 Å². The molecule has 1 aromatic rings. The maximum atomic E-state index is 5.96. The van der Waals surface area contributed by atoms with E-state index in [0.717, 1.165) is 25.0 Å². The first-order chi connectivity index (χ1) is 7.26. The second-order valence-electron chi connectivity index (χ2n) is 3.94. The lowest BCUT2D eigenvalue weighted by atomic mass is 10.0. The van der Waals surface area contributed by atoms with Crippen LogP contribution in [0.2, 0.25) is 0 Å². The fourth-order valence-corrected chi connectivity index (χ4v) is 1.66. The Balaban J connectivity index is 2.37. The molecule has 15 heavy (non-hydrogen) atoms. The summed E-state index contributed by atoms with van der Waals surface area (Å²) >= 11 is 0. The number of hydrogen-bond donors (Lipinski definition) is 1. The average molecular weight is 207 g/mol. The number of methoxy groups -OCH3 is 1. The van der Waals surface area contributed by atoms with Gasteiger partial charge in [-0.2, -0.15) is 0 Å². The van der Waals surface area contributed by atoms with E-state index in [-0.39, 0.29) is 0 Å². The highest BCUT2D eigenvalue weighted by Gasteiger charge is 2.01. The van der Waals surface area contributed by atoms with Gasteiger partial charge >= 0.3 is 0 Å². The van der Waals surface area contributed by atoms with Gasteiger partial charge in [0.05, 0.1) is 7.11 Å². The maximum absolute atomic E-state index is 5.96. The number of hydrogen-bond acceptors (Lipinski definition) is 2. The van der Waals surface area contributed by atoms with Gasteiger partial charge in [0.15, 0.2) is 0 Å². The molecule has 0 aliphatic heterocycles. The predicted molar refractivity (Wildman–Crippen MR) is 64.2 cm³/mol. The number of aryl methyl sites for hydroxylation is 1. The summed E-state index contributed by atoms with van der Waals surface area (Å²) in [7, 11) is 1.69. The quantitative estimate of drug-likeness (QED) is 0.778. The van der Waals surface area contributed by atoms with Crippen molar-refractivity contribution in [2.45, 2.75) is 38.6 Å². The number of benzene rings is 1. The van der Waals surface area contributed by atoms with Gasteiger partial charge in [-0.15, -0.1) is 0 Å². The largest absolute Gasteiger partial charge is 0.497 e. The van der Waals surface area contributed by atoms with Gasteiger partial charge in [0.1, 0.15) is 5.75 Å². The van der Waals surface area contributed by atoms with Gasteiger partial charge in [-0.05, 0) is 37.0 Å². The Labute approximate surface area is 92.4 Å². The molecule has 0 heterocycles. The standard InChI is InChI=1S/C13H21NO/c1-3-4-12(14)8-5-11-6-9-13(15-2)10-7-11/h6-7,9-10,12H,3-5,8,14H2,1-2H3. The first kappa shape index (κ1) is 12.1. The summed E-state index contributed by atoms with van der Waals surface area (Å²) < 4.78 is 5.11. The monoisotopic (exact) mass is 207 g/mol. The molecule has 1 aromatic carbocycles. The van der Waals surface area contributed by atoms with Crippen molar-refractivity contribution in [2.24, 2.45) is 5.73 Å². The highest BCUT2D eigenvalue weighted by molar-refractivity contribution is 5.27. The zero-order valence-corrected chi connectivity index (χ0v) is 9.70. The van der Waals surface area contributed by atoms with Crippen molar-refractivity contribution in [3.8, 4) is 5.75 Å². The molecule has 2 N–H and O–H groups in total. The molecule has 2 nitrogen and oxygen atoms in total. The Hall–Kier alpha value is -1.02. The molecule has 0 aliphatic carbocycles. The Kier molecular flexibility index (Phi) is 5.19. The van der Waals surface area contributed by atoms with Crippen LogP contribution < -0.4 is 10.5 Å². The van der Waals surface area contributed by atoms with Crippen molar-refractivity contribution < 1.29 is 4.74 Å². The van der Waals surface area contributed by atoms with Crippen LogP contribution in [0.4, 0.5) is 0 Å². The van der Waals surface area contributed by atoms with Crippen LogP contribution in [0, 0.1) is 0 Å². The van der Waals surface area contributed by atoms with Crippen molar-refractivity contribution in [1.29, 1.82) is 0 Å². The van der Waals surface area contributed by atoms with E-state index in [4.69, 9.17) is 10.5 Å². The minimum atomic E-state index is 0.345. The summed E-state index contributed by atoms with van der Waals surface area (Å²) in [6, 6.07) is 8.56. The number of rotatable bonds is 6. The average Bonchev–Trinajstić information content (AvgIpc) is 2.27. The molecule has 1 unspecified atom stereocenters. The van der Waals surface area contributed by atoms with Crippen LogP contribution in [0.3, 0.4) is 0 Å². The van der Waals surface area contributed by atoms with Crippen molar-refractivity contribution in [3.05, 3.63) is 29.8 Å². The third-order valence-corrected chi connectivity index (χ3v) is 2.62. The van der Waals surface area contributed by atoms with Crippen molar-refractivity contribution in [3.63, 3.8) is 0 Å². The van der Waals surface area contributed by atoms with Crippen LogP contribution in [0.15, 0.2) is 24.3 Å². The molecule has 1 atom stereocenters. The molecular weight excluding hydrogens is 186 g/mol. The molecule has 0 saturated carbocycles. The fourth-order valence-electron chi connectivity index (χ4n) is 1.66. The van der Waals surface area contributed by atoms with Gasteiger partial charge in [0.2, 0.25) is 0 Å². The molecule has 0 fully saturated rings. The normalized spacial score (nSPS) is 12.5. The maximum Gasteiger partial charge on any atom is 0.118 e. The fraction of sp³-hybridized carbons (Fsp3) is 0.538. The molecule has 0 spiro atoms. The van der Waals surface area contributed by atoms with Crippen molar-refractivity contribution in [2.75, 3.05) is 7.11 Å². The molecule has 0 aliphatic rings. The van der Waals surface area contributed by atoms with E-state index in [1.165, 1.54) is 12.0 Å². The molecule has 0 bridgehead atoms. The summed E-state index contributed by atoms with van der Waals surface area (Å²) in [6.45, 7) is 2.17. The van der Waals surface area contributed by atoms with Crippen LogP contribution in [0.1, 0.15) is 31.7 Å². The second-order valence-corrected chi connectivity index (χ2v) is 3.94. The Morgan fingerprint density at radius 2 is 1.87 bits per heavy atom. The highest BCUT2D eigenvalue weighted by Crippen LogP contribution is 2.13. The van der Waals surface area contributed by atoms with E-state index in [1.54, 1.807) is 7.11 Å². The van der Waals surface area contributed by atoms with Crippen LogP contribution in [0.5, 0.6) is 5.75 Å². The van der Waals surface area contributed by atoms with E-state index >= 15 is 0 Å². The molecule has 84 valence electrons.